The molecule has 0 spiro atoms. The predicted octanol–water partition coefficient (Wildman–Crippen LogP) is 5.34. The number of aryl methyl sites for hydroxylation is 1. The number of fused-ring (bicyclic) bond motifs is 2. The topological polar surface area (TPSA) is 22.1 Å². The maximum Gasteiger partial charge on any atom is 0.146 e. The van der Waals surface area contributed by atoms with Gasteiger partial charge in [0.15, 0.2) is 0 Å². The van der Waals surface area contributed by atoms with Gasteiger partial charge < -0.3 is 4.74 Å². The van der Waals surface area contributed by atoms with Crippen LogP contribution in [0.4, 0.5) is 0 Å². The highest BCUT2D eigenvalue weighted by atomic mass is 35.5. The number of hydrogen-bond acceptors (Lipinski definition) is 2. The van der Waals surface area contributed by atoms with Gasteiger partial charge in [0.1, 0.15) is 17.4 Å². The summed E-state index contributed by atoms with van der Waals surface area (Å²) in [4.78, 5) is 4.47. The third kappa shape index (κ3) is 2.44. The van der Waals surface area contributed by atoms with E-state index in [1.165, 1.54) is 11.1 Å². The molecule has 1 heterocycles. The molecule has 1 unspecified atom stereocenters. The van der Waals surface area contributed by atoms with E-state index in [1.54, 1.807) is 6.20 Å². The molecule has 0 fully saturated rings. The number of ether oxygens (including phenoxy) is 1. The van der Waals surface area contributed by atoms with E-state index in [0.29, 0.717) is 0 Å². The van der Waals surface area contributed by atoms with Crippen LogP contribution in [0.5, 0.6) is 5.75 Å². The van der Waals surface area contributed by atoms with Crippen LogP contribution in [0.15, 0.2) is 54.7 Å². The molecule has 2 aromatic carbocycles. The molecule has 0 bridgehead atoms. The van der Waals surface area contributed by atoms with Crippen LogP contribution in [0.2, 0.25) is 5.02 Å². The van der Waals surface area contributed by atoms with Crippen molar-refractivity contribution in [1.29, 1.82) is 0 Å². The number of para-hydroxylation sites is 1. The summed E-state index contributed by atoms with van der Waals surface area (Å²) in [6, 6.07) is 16.2. The summed E-state index contributed by atoms with van der Waals surface area (Å²) in [6.45, 7) is 0. The van der Waals surface area contributed by atoms with E-state index in [2.05, 4.69) is 23.2 Å². The lowest BCUT2D eigenvalue weighted by atomic mass is 9.89. The summed E-state index contributed by atoms with van der Waals surface area (Å²) in [5.74, 6) is 0.843. The predicted molar refractivity (Wildman–Crippen MR) is 89.5 cm³/mol. The first-order valence-electron chi connectivity index (χ1n) is 7.60. The van der Waals surface area contributed by atoms with Crippen LogP contribution in [0.1, 0.15) is 30.1 Å². The Balaban J connectivity index is 1.74. The lowest BCUT2D eigenvalue weighted by Gasteiger charge is -2.27. The average molecular weight is 310 g/mol. The van der Waals surface area contributed by atoms with E-state index in [9.17, 15) is 0 Å². The third-order valence-corrected chi connectivity index (χ3v) is 4.47. The maximum atomic E-state index is 6.33. The van der Waals surface area contributed by atoms with E-state index in [4.69, 9.17) is 16.3 Å². The fourth-order valence-electron chi connectivity index (χ4n) is 3.17. The van der Waals surface area contributed by atoms with Crippen LogP contribution in [-0.2, 0) is 6.42 Å². The zero-order valence-electron chi connectivity index (χ0n) is 12.1. The lowest BCUT2D eigenvalue weighted by molar-refractivity contribution is 0.185. The Hall–Kier alpha value is -2.06. The summed E-state index contributed by atoms with van der Waals surface area (Å²) >= 11 is 6.17. The molecular weight excluding hydrogens is 294 g/mol. The van der Waals surface area contributed by atoms with Crippen molar-refractivity contribution in [1.82, 2.24) is 4.98 Å². The molecule has 0 saturated carbocycles. The molecule has 4 rings (SSSR count). The van der Waals surface area contributed by atoms with Gasteiger partial charge in [0.25, 0.3) is 0 Å². The van der Waals surface area contributed by atoms with Gasteiger partial charge in [0.2, 0.25) is 0 Å². The number of rotatable bonds is 2. The molecule has 0 aliphatic heterocycles. The Morgan fingerprint density at radius 2 is 2.00 bits per heavy atom. The minimum Gasteiger partial charge on any atom is -0.483 e. The number of benzene rings is 2. The molecular formula is C19H16ClNO. The fourth-order valence-corrected chi connectivity index (χ4v) is 3.35. The minimum absolute atomic E-state index is 0.0510. The van der Waals surface area contributed by atoms with Gasteiger partial charge in [-0.2, -0.15) is 0 Å². The van der Waals surface area contributed by atoms with E-state index in [1.807, 2.05) is 30.3 Å². The van der Waals surface area contributed by atoms with Gasteiger partial charge in [-0.05, 0) is 54.7 Å². The highest BCUT2D eigenvalue weighted by Gasteiger charge is 2.22. The van der Waals surface area contributed by atoms with Crippen molar-refractivity contribution in [3.8, 4) is 5.75 Å². The molecule has 0 radical (unpaired) electrons. The normalized spacial score (nSPS) is 17.2. The van der Waals surface area contributed by atoms with Gasteiger partial charge in [0, 0.05) is 16.6 Å². The summed E-state index contributed by atoms with van der Waals surface area (Å²) in [5.41, 5.74) is 3.47. The van der Waals surface area contributed by atoms with Gasteiger partial charge in [0.05, 0.1) is 0 Å². The van der Waals surface area contributed by atoms with Crippen LogP contribution in [-0.4, -0.2) is 4.98 Å². The first-order valence-corrected chi connectivity index (χ1v) is 7.98. The Kier molecular flexibility index (Phi) is 3.47. The second-order valence-electron chi connectivity index (χ2n) is 5.67. The maximum absolute atomic E-state index is 6.33. The van der Waals surface area contributed by atoms with Crippen molar-refractivity contribution >= 4 is 22.5 Å². The molecule has 1 aliphatic rings. The third-order valence-electron chi connectivity index (χ3n) is 4.23. The zero-order chi connectivity index (χ0) is 14.9. The van der Waals surface area contributed by atoms with Gasteiger partial charge in [-0.25, -0.2) is 0 Å². The molecule has 22 heavy (non-hydrogen) atoms. The van der Waals surface area contributed by atoms with Gasteiger partial charge in [-0.15, -0.1) is 0 Å². The summed E-state index contributed by atoms with van der Waals surface area (Å²) in [6.07, 6.45) is 5.10. The number of aromatic nitrogens is 1. The minimum atomic E-state index is 0.0510. The highest BCUT2D eigenvalue weighted by molar-refractivity contribution is 6.30. The molecule has 1 atom stereocenters. The van der Waals surface area contributed by atoms with Crippen LogP contribution < -0.4 is 4.74 Å². The average Bonchev–Trinajstić information content (AvgIpc) is 2.56. The zero-order valence-corrected chi connectivity index (χ0v) is 12.9. The quantitative estimate of drug-likeness (QED) is 0.637. The Morgan fingerprint density at radius 3 is 2.95 bits per heavy atom. The molecule has 2 nitrogen and oxygen atoms in total. The largest absolute Gasteiger partial charge is 0.483 e. The van der Waals surface area contributed by atoms with Gasteiger partial charge >= 0.3 is 0 Å². The summed E-state index contributed by atoms with van der Waals surface area (Å²) in [5, 5.41) is 1.87. The molecule has 0 amide bonds. The molecule has 1 aliphatic carbocycles. The van der Waals surface area contributed by atoms with Gasteiger partial charge in [-0.3, -0.25) is 4.98 Å². The number of hydrogen-bond donors (Lipinski definition) is 0. The van der Waals surface area contributed by atoms with E-state index in [0.717, 1.165) is 40.9 Å². The highest BCUT2D eigenvalue weighted by Crippen LogP contribution is 2.36. The van der Waals surface area contributed by atoms with Crippen molar-refractivity contribution in [3.05, 3.63) is 70.9 Å². The SMILES string of the molecule is Clc1ccc2c(c1)C(Oc1cccc3cccnc13)CCC2. The van der Waals surface area contributed by atoms with Crippen molar-refractivity contribution in [2.45, 2.75) is 25.4 Å². The summed E-state index contributed by atoms with van der Waals surface area (Å²) in [7, 11) is 0. The van der Waals surface area contributed by atoms with Crippen molar-refractivity contribution in [3.63, 3.8) is 0 Å². The summed E-state index contributed by atoms with van der Waals surface area (Å²) < 4.78 is 6.33. The molecule has 3 heteroatoms. The Morgan fingerprint density at radius 1 is 1.09 bits per heavy atom. The number of nitrogens with zero attached hydrogens (tertiary/aromatic N) is 1. The standard InChI is InChI=1S/C19H16ClNO/c20-15-10-9-13-4-1-7-17(16(13)12-15)22-18-8-2-5-14-6-3-11-21-19(14)18/h2-3,5-6,8-12,17H,1,4,7H2. The van der Waals surface area contributed by atoms with Crippen LogP contribution in [0, 0.1) is 0 Å². The molecule has 110 valence electrons. The van der Waals surface area contributed by atoms with Crippen molar-refractivity contribution < 1.29 is 4.74 Å². The van der Waals surface area contributed by atoms with Crippen LogP contribution >= 0.6 is 11.6 Å². The van der Waals surface area contributed by atoms with Crippen molar-refractivity contribution in [2.24, 2.45) is 0 Å². The molecule has 1 aromatic heterocycles. The van der Waals surface area contributed by atoms with E-state index >= 15 is 0 Å². The van der Waals surface area contributed by atoms with E-state index in [-0.39, 0.29) is 6.10 Å². The fraction of sp³-hybridized carbons (Fsp3) is 0.211. The lowest BCUT2D eigenvalue weighted by Crippen LogP contribution is -2.15. The Bertz CT molecular complexity index is 825. The molecule has 3 aromatic rings. The van der Waals surface area contributed by atoms with Gasteiger partial charge in [-0.1, -0.05) is 35.9 Å². The van der Waals surface area contributed by atoms with Crippen LogP contribution in [0.3, 0.4) is 0 Å². The first-order chi connectivity index (χ1) is 10.8. The second kappa shape index (κ2) is 5.62. The number of pyridine rings is 1. The number of halogens is 1. The monoisotopic (exact) mass is 309 g/mol. The van der Waals surface area contributed by atoms with Crippen LogP contribution in [0.25, 0.3) is 10.9 Å². The smallest absolute Gasteiger partial charge is 0.146 e. The first kappa shape index (κ1) is 13.6. The Labute approximate surface area is 134 Å². The molecule has 0 N–H and O–H groups in total. The molecule has 0 saturated heterocycles. The second-order valence-corrected chi connectivity index (χ2v) is 6.11. The van der Waals surface area contributed by atoms with Crippen molar-refractivity contribution in [2.75, 3.05) is 0 Å². The van der Waals surface area contributed by atoms with E-state index < -0.39 is 0 Å².